The van der Waals surface area contributed by atoms with Crippen molar-refractivity contribution in [3.63, 3.8) is 0 Å². The third-order valence-electron chi connectivity index (χ3n) is 7.37. The highest BCUT2D eigenvalue weighted by Crippen LogP contribution is 2.61. The molecule has 7 unspecified atom stereocenters. The summed E-state index contributed by atoms with van der Waals surface area (Å²) in [7, 11) is -20.8. The molecule has 1 fully saturated rings. The fraction of sp³-hybridized carbons (Fsp3) is 0.667. The number of imidazole rings is 1. The fourth-order valence-corrected chi connectivity index (χ4v) is 8.76. The first-order chi connectivity index (χ1) is 25.7. The number of hydrogen-bond donors (Lipinski definition) is 11. The number of nitrogens with two attached hydrogens (primary N) is 1. The van der Waals surface area contributed by atoms with Crippen LogP contribution in [0, 0.1) is 5.41 Å². The van der Waals surface area contributed by atoms with Crippen LogP contribution >= 0.6 is 42.8 Å². The Bertz CT molecular complexity index is 1910. The molecule has 0 radical (unpaired) electrons. The monoisotopic (exact) mass is 903 g/mol. The number of nitrogen functional groups attached to an aromatic ring is 1. The first-order valence-electron chi connectivity index (χ1n) is 15.8. The van der Waals surface area contributed by atoms with Gasteiger partial charge in [-0.15, -0.1) is 0 Å². The van der Waals surface area contributed by atoms with Gasteiger partial charge in [-0.3, -0.25) is 37.1 Å². The molecule has 0 aromatic carbocycles. The van der Waals surface area contributed by atoms with Crippen LogP contribution in [0.5, 0.6) is 0 Å². The van der Waals surface area contributed by atoms with E-state index in [0.717, 1.165) is 29.0 Å². The summed E-state index contributed by atoms with van der Waals surface area (Å²) in [4.78, 5) is 105. The van der Waals surface area contributed by atoms with Crippen molar-refractivity contribution in [3.8, 4) is 0 Å². The van der Waals surface area contributed by atoms with Crippen LogP contribution in [0.15, 0.2) is 12.7 Å². The number of rotatable bonds is 22. The molecule has 0 saturated carbocycles. The molecule has 0 bridgehead atoms. The normalized spacial score (nSPS) is 22.0. The number of phosphoric acid groups is 3. The van der Waals surface area contributed by atoms with Crippen LogP contribution < -0.4 is 16.4 Å². The van der Waals surface area contributed by atoms with Crippen LogP contribution in [0.25, 0.3) is 11.2 Å². The van der Waals surface area contributed by atoms with Crippen LogP contribution in [0.1, 0.15) is 32.9 Å². The van der Waals surface area contributed by atoms with Crippen LogP contribution in [0.2, 0.25) is 0 Å². The largest absolute Gasteiger partial charge is 0.481 e. The molecule has 3 rings (SSSR count). The van der Waals surface area contributed by atoms with Crippen molar-refractivity contribution >= 4 is 76.7 Å². The van der Waals surface area contributed by atoms with Crippen molar-refractivity contribution in [2.45, 2.75) is 57.3 Å². The summed E-state index contributed by atoms with van der Waals surface area (Å²) in [6.07, 6.45) is -8.10. The number of carbonyl (C=O) groups excluding carboxylic acids is 3. The number of aliphatic hydroxyl groups excluding tert-OH is 2. The average molecular weight is 904 g/mol. The molecule has 0 spiro atoms. The molecule has 56 heavy (non-hydrogen) atoms. The third kappa shape index (κ3) is 15.1. The topological polar surface area (TPSA) is 421 Å². The van der Waals surface area contributed by atoms with Gasteiger partial charge in [0, 0.05) is 37.1 Å². The maximum absolute atomic E-state index is 12.6. The van der Waals surface area contributed by atoms with Gasteiger partial charge in [0.15, 0.2) is 22.8 Å². The lowest BCUT2D eigenvalue weighted by Gasteiger charge is -2.30. The highest BCUT2D eigenvalue weighted by Gasteiger charge is 2.50. The Morgan fingerprint density at radius 3 is 2.30 bits per heavy atom. The summed E-state index contributed by atoms with van der Waals surface area (Å²) in [5, 5.41) is 25.6. The van der Waals surface area contributed by atoms with Crippen molar-refractivity contribution in [2.24, 2.45) is 5.41 Å². The SMILES string of the molecule is CC(C)(COP(=O)(O)OP(=O)(O)OCC1OC(n2cnc3c(N)ncnc32)C(O)C1OP(=O)(O)O)C(O)C(=O)NCCC(=O)NCCSC(=O)CCP(=O)(O)O. The van der Waals surface area contributed by atoms with Gasteiger partial charge in [-0.25, -0.2) is 28.6 Å². The number of phosphoric ester groups is 3. The van der Waals surface area contributed by atoms with Crippen LogP contribution in [-0.4, -0.2) is 139 Å². The lowest BCUT2D eigenvalue weighted by molar-refractivity contribution is -0.137. The molecule has 318 valence electrons. The zero-order valence-corrected chi connectivity index (χ0v) is 33.6. The Morgan fingerprint density at radius 2 is 1.66 bits per heavy atom. The highest BCUT2D eigenvalue weighted by molar-refractivity contribution is 8.13. The number of carbonyl (C=O) groups is 3. The third-order valence-corrected chi connectivity index (χ3v) is 12.2. The number of fused-ring (bicyclic) bond motifs is 1. The highest BCUT2D eigenvalue weighted by atomic mass is 32.2. The molecule has 2 aromatic rings. The molecule has 1 saturated heterocycles. The van der Waals surface area contributed by atoms with Gasteiger partial charge in [0.05, 0.1) is 25.7 Å². The molecule has 2 aromatic heterocycles. The maximum Gasteiger partial charge on any atom is 0.481 e. The average Bonchev–Trinajstić information content (AvgIpc) is 3.63. The van der Waals surface area contributed by atoms with E-state index in [2.05, 4.69) is 34.4 Å². The number of hydrogen-bond acceptors (Lipinski definition) is 19. The first-order valence-corrected chi connectivity index (χ1v) is 23.1. The Morgan fingerprint density at radius 1 is 1.00 bits per heavy atom. The van der Waals surface area contributed by atoms with E-state index in [1.54, 1.807) is 0 Å². The second kappa shape index (κ2) is 19.6. The van der Waals surface area contributed by atoms with Crippen LogP contribution in [0.3, 0.4) is 0 Å². The van der Waals surface area contributed by atoms with E-state index in [4.69, 9.17) is 29.3 Å². The van der Waals surface area contributed by atoms with E-state index in [0.29, 0.717) is 0 Å². The molecule has 32 heteroatoms. The molecular weight excluding hydrogens is 862 g/mol. The van der Waals surface area contributed by atoms with E-state index < -0.39 is 103 Å². The van der Waals surface area contributed by atoms with Gasteiger partial charge in [0.1, 0.15) is 36.3 Å². The number of anilines is 1. The quantitative estimate of drug-likeness (QED) is 0.0460. The summed E-state index contributed by atoms with van der Waals surface area (Å²) in [6, 6.07) is 0. The zero-order valence-electron chi connectivity index (χ0n) is 29.2. The maximum atomic E-state index is 12.6. The van der Waals surface area contributed by atoms with Gasteiger partial charge in [0.25, 0.3) is 0 Å². The minimum Gasteiger partial charge on any atom is -0.386 e. The fourth-order valence-electron chi connectivity index (χ4n) is 4.60. The number of thioether (sulfide) groups is 1. The summed E-state index contributed by atoms with van der Waals surface area (Å²) >= 11 is 0.768. The Balaban J connectivity index is 1.48. The van der Waals surface area contributed by atoms with Gasteiger partial charge < -0.3 is 60.7 Å². The van der Waals surface area contributed by atoms with E-state index in [9.17, 15) is 62.4 Å². The summed E-state index contributed by atoms with van der Waals surface area (Å²) in [5.74, 6) is -1.52. The number of nitrogens with zero attached hydrogens (tertiary/aromatic N) is 4. The minimum atomic E-state index is -5.60. The van der Waals surface area contributed by atoms with E-state index in [-0.39, 0.29) is 48.7 Å². The van der Waals surface area contributed by atoms with E-state index in [1.165, 1.54) is 13.8 Å². The molecule has 1 aliphatic rings. The van der Waals surface area contributed by atoms with Crippen molar-refractivity contribution in [1.29, 1.82) is 0 Å². The number of amides is 2. The Kier molecular flexibility index (Phi) is 16.9. The van der Waals surface area contributed by atoms with Crippen molar-refractivity contribution in [3.05, 3.63) is 12.7 Å². The van der Waals surface area contributed by atoms with E-state index in [1.807, 2.05) is 0 Å². The molecule has 7 atom stereocenters. The van der Waals surface area contributed by atoms with Gasteiger partial charge >= 0.3 is 31.1 Å². The molecule has 27 nitrogen and oxygen atoms in total. The first kappa shape index (κ1) is 48.1. The molecule has 3 heterocycles. The van der Waals surface area contributed by atoms with Gasteiger partial charge in [0.2, 0.25) is 11.8 Å². The lowest BCUT2D eigenvalue weighted by atomic mass is 9.87. The molecule has 0 aliphatic carbocycles. The minimum absolute atomic E-state index is 0.0154. The number of ether oxygens (including phenoxy) is 1. The summed E-state index contributed by atoms with van der Waals surface area (Å²) in [6.45, 7) is 0.0961. The zero-order chi connectivity index (χ0) is 42.3. The molecular formula is C24H41N7O20P4S. The van der Waals surface area contributed by atoms with Crippen molar-refractivity contribution in [1.82, 2.24) is 30.2 Å². The standard InChI is InChI=1S/C24H41N7O20P4S/c1-24(2,19(35)22(36)27-5-3-14(32)26-6-8-56-15(33)4-7-52(37,38)39)10-48-55(45,46)51-54(43,44)47-9-13-18(50-53(40,41)42)17(34)23(49-13)31-12-30-16-20(25)28-11-29-21(16)31/h11-13,17-19,23,34-35H,3-10H2,1-2H3,(H,26,32)(H,27,36)(H,43,44)(H,45,46)(H2,25,28,29)(H2,37,38,39)(H2,40,41,42). The summed E-state index contributed by atoms with van der Waals surface area (Å²) in [5.41, 5.74) is 4.17. The second-order valence-corrected chi connectivity index (χ2v) is 19.6. The number of nitrogens with one attached hydrogen (secondary N) is 2. The molecule has 1 aliphatic heterocycles. The number of aromatic nitrogens is 4. The van der Waals surface area contributed by atoms with E-state index >= 15 is 0 Å². The lowest BCUT2D eigenvalue weighted by Crippen LogP contribution is -2.46. The van der Waals surface area contributed by atoms with Crippen molar-refractivity contribution < 1.29 is 94.8 Å². The van der Waals surface area contributed by atoms with Gasteiger partial charge in [-0.2, -0.15) is 4.31 Å². The smallest absolute Gasteiger partial charge is 0.386 e. The predicted molar refractivity (Wildman–Crippen MR) is 189 cm³/mol. The van der Waals surface area contributed by atoms with Gasteiger partial charge in [-0.05, 0) is 0 Å². The van der Waals surface area contributed by atoms with Crippen LogP contribution in [0.4, 0.5) is 5.82 Å². The van der Waals surface area contributed by atoms with Crippen molar-refractivity contribution in [2.75, 3.05) is 44.0 Å². The number of aliphatic hydroxyl groups is 2. The Hall–Kier alpha value is -2.29. The Labute approximate surface area is 320 Å². The molecule has 12 N–H and O–H groups in total. The van der Waals surface area contributed by atoms with Crippen LogP contribution in [-0.2, 0) is 55.3 Å². The van der Waals surface area contributed by atoms with Gasteiger partial charge in [-0.1, -0.05) is 25.6 Å². The second-order valence-electron chi connectivity index (χ2n) is 12.4. The predicted octanol–water partition coefficient (Wildman–Crippen LogP) is -1.77. The molecule has 2 amide bonds. The summed E-state index contributed by atoms with van der Waals surface area (Å²) < 4.78 is 72.7.